The van der Waals surface area contributed by atoms with Crippen molar-refractivity contribution in [3.63, 3.8) is 0 Å². The number of carbonyl (C=O) groups is 1. The monoisotopic (exact) mass is 326 g/mol. The fourth-order valence-electron chi connectivity index (χ4n) is 2.33. The number of carbonyl (C=O) groups excluding carboxylic acids is 1. The number of nitrogens with zero attached hydrogens (tertiary/aromatic N) is 2. The van der Waals surface area contributed by atoms with Crippen LogP contribution in [0.15, 0.2) is 29.3 Å². The van der Waals surface area contributed by atoms with Crippen LogP contribution in [0.25, 0.3) is 0 Å². The molecule has 0 radical (unpaired) electrons. The number of pyridine rings is 1. The molecule has 0 aliphatic carbocycles. The quantitative estimate of drug-likeness (QED) is 0.634. The van der Waals surface area contributed by atoms with E-state index in [1.807, 2.05) is 19.9 Å². The van der Waals surface area contributed by atoms with Gasteiger partial charge in [0.05, 0.1) is 11.3 Å². The lowest BCUT2D eigenvalue weighted by atomic mass is 10.1. The molecule has 2 aromatic rings. The zero-order valence-electron chi connectivity index (χ0n) is 12.8. The second kappa shape index (κ2) is 6.31. The molecule has 0 N–H and O–H groups in total. The minimum absolute atomic E-state index is 0.0434. The highest BCUT2D eigenvalue weighted by molar-refractivity contribution is 8.00. The molecule has 1 aliphatic heterocycles. The zero-order valence-corrected chi connectivity index (χ0v) is 13.6. The fourth-order valence-corrected chi connectivity index (χ4v) is 3.32. The first-order valence-corrected chi connectivity index (χ1v) is 8.01. The lowest BCUT2D eigenvalue weighted by molar-refractivity contribution is 0.102. The molecule has 116 valence electrons. The summed E-state index contributed by atoms with van der Waals surface area (Å²) >= 11 is 1.28. The van der Waals surface area contributed by atoms with Crippen LogP contribution in [0.2, 0.25) is 0 Å². The Bertz CT molecular complexity index is 827. The van der Waals surface area contributed by atoms with Crippen molar-refractivity contribution in [2.24, 2.45) is 0 Å². The molecule has 0 fully saturated rings. The first-order valence-electron chi connectivity index (χ1n) is 7.02. The Morgan fingerprint density at radius 1 is 1.30 bits per heavy atom. The van der Waals surface area contributed by atoms with Gasteiger partial charge in [-0.15, -0.1) is 0 Å². The van der Waals surface area contributed by atoms with Gasteiger partial charge in [0.2, 0.25) is 6.79 Å². The molecule has 23 heavy (non-hydrogen) atoms. The van der Waals surface area contributed by atoms with Crippen LogP contribution in [0.5, 0.6) is 11.5 Å². The minimum Gasteiger partial charge on any atom is -0.454 e. The van der Waals surface area contributed by atoms with E-state index >= 15 is 0 Å². The van der Waals surface area contributed by atoms with Crippen LogP contribution in [-0.4, -0.2) is 23.3 Å². The van der Waals surface area contributed by atoms with E-state index < -0.39 is 0 Å². The van der Waals surface area contributed by atoms with Gasteiger partial charge in [0.15, 0.2) is 17.3 Å². The number of thioether (sulfide) groups is 1. The van der Waals surface area contributed by atoms with Crippen LogP contribution < -0.4 is 9.47 Å². The SMILES string of the molecule is Cc1cc(C)c(C#N)c(SCC(=O)c2ccc3c(c2)OCO3)n1. The third kappa shape index (κ3) is 3.15. The third-order valence-corrected chi connectivity index (χ3v) is 4.43. The maximum Gasteiger partial charge on any atom is 0.231 e. The summed E-state index contributed by atoms with van der Waals surface area (Å²) < 4.78 is 10.5. The molecule has 0 amide bonds. The number of hydrogen-bond donors (Lipinski definition) is 0. The minimum atomic E-state index is -0.0434. The van der Waals surface area contributed by atoms with Crippen molar-refractivity contribution >= 4 is 17.5 Å². The normalized spacial score (nSPS) is 12.0. The predicted octanol–water partition coefficient (Wildman–Crippen LogP) is 3.27. The average Bonchev–Trinajstić information content (AvgIpc) is 2.99. The summed E-state index contributed by atoms with van der Waals surface area (Å²) in [5.41, 5.74) is 2.79. The molecular formula is C17H14N2O3S. The summed E-state index contributed by atoms with van der Waals surface area (Å²) in [6, 6.07) is 9.16. The number of nitriles is 1. The molecule has 3 rings (SSSR count). The summed E-state index contributed by atoms with van der Waals surface area (Å²) in [5, 5.41) is 9.86. The lowest BCUT2D eigenvalue weighted by Crippen LogP contribution is -2.04. The molecule has 0 spiro atoms. The fraction of sp³-hybridized carbons (Fsp3) is 0.235. The summed E-state index contributed by atoms with van der Waals surface area (Å²) in [4.78, 5) is 16.7. The molecule has 0 atom stereocenters. The molecule has 0 saturated heterocycles. The number of aryl methyl sites for hydroxylation is 2. The topological polar surface area (TPSA) is 72.2 Å². The van der Waals surface area contributed by atoms with Gasteiger partial charge in [0, 0.05) is 11.3 Å². The van der Waals surface area contributed by atoms with E-state index in [1.165, 1.54) is 11.8 Å². The summed E-state index contributed by atoms with van der Waals surface area (Å²) in [7, 11) is 0. The Balaban J connectivity index is 1.76. The molecule has 1 aliphatic rings. The summed E-state index contributed by atoms with van der Waals surface area (Å²) in [6.45, 7) is 3.93. The van der Waals surface area contributed by atoms with Crippen molar-refractivity contribution in [2.75, 3.05) is 12.5 Å². The molecule has 2 heterocycles. The average molecular weight is 326 g/mol. The van der Waals surface area contributed by atoms with E-state index in [1.54, 1.807) is 18.2 Å². The van der Waals surface area contributed by atoms with E-state index in [-0.39, 0.29) is 18.3 Å². The van der Waals surface area contributed by atoms with Gasteiger partial charge in [0.25, 0.3) is 0 Å². The van der Waals surface area contributed by atoms with Crippen LogP contribution >= 0.6 is 11.8 Å². The Kier molecular flexibility index (Phi) is 4.22. The smallest absolute Gasteiger partial charge is 0.231 e. The summed E-state index contributed by atoms with van der Waals surface area (Å²) in [5.74, 6) is 1.41. The first kappa shape index (κ1) is 15.4. The highest BCUT2D eigenvalue weighted by atomic mass is 32.2. The van der Waals surface area contributed by atoms with E-state index in [2.05, 4.69) is 11.1 Å². The van der Waals surface area contributed by atoms with Gasteiger partial charge in [-0.3, -0.25) is 4.79 Å². The highest BCUT2D eigenvalue weighted by Crippen LogP contribution is 2.33. The van der Waals surface area contributed by atoms with E-state index in [4.69, 9.17) is 9.47 Å². The van der Waals surface area contributed by atoms with Crippen molar-refractivity contribution in [3.05, 3.63) is 46.6 Å². The van der Waals surface area contributed by atoms with Gasteiger partial charge < -0.3 is 9.47 Å². The Labute approximate surface area is 138 Å². The van der Waals surface area contributed by atoms with Crippen LogP contribution in [0.1, 0.15) is 27.2 Å². The van der Waals surface area contributed by atoms with Crippen molar-refractivity contribution in [3.8, 4) is 17.6 Å². The molecule has 1 aromatic carbocycles. The molecule has 6 heteroatoms. The Morgan fingerprint density at radius 3 is 2.87 bits per heavy atom. The third-order valence-electron chi connectivity index (χ3n) is 3.46. The number of aromatic nitrogens is 1. The number of rotatable bonds is 4. The highest BCUT2D eigenvalue weighted by Gasteiger charge is 2.17. The summed E-state index contributed by atoms with van der Waals surface area (Å²) in [6.07, 6.45) is 0. The first-order chi connectivity index (χ1) is 11.1. The lowest BCUT2D eigenvalue weighted by Gasteiger charge is -2.07. The van der Waals surface area contributed by atoms with Gasteiger partial charge >= 0.3 is 0 Å². The van der Waals surface area contributed by atoms with E-state index in [0.717, 1.165) is 11.3 Å². The van der Waals surface area contributed by atoms with E-state index in [0.29, 0.717) is 27.7 Å². The standard InChI is InChI=1S/C17H14N2O3S/c1-10-5-11(2)19-17(13(10)7-18)23-8-14(20)12-3-4-15-16(6-12)22-9-21-15/h3-6H,8-9H2,1-2H3. The van der Waals surface area contributed by atoms with Gasteiger partial charge in [-0.2, -0.15) is 5.26 Å². The van der Waals surface area contributed by atoms with Crippen LogP contribution in [0.3, 0.4) is 0 Å². The van der Waals surface area contributed by atoms with Crippen LogP contribution in [0, 0.1) is 25.2 Å². The second-order valence-corrected chi connectivity index (χ2v) is 6.12. The van der Waals surface area contributed by atoms with Crippen LogP contribution in [0.4, 0.5) is 0 Å². The van der Waals surface area contributed by atoms with Crippen molar-refractivity contribution < 1.29 is 14.3 Å². The number of benzene rings is 1. The Morgan fingerprint density at radius 2 is 2.09 bits per heavy atom. The number of ether oxygens (including phenoxy) is 2. The maximum absolute atomic E-state index is 12.4. The van der Waals surface area contributed by atoms with Crippen molar-refractivity contribution in [2.45, 2.75) is 18.9 Å². The van der Waals surface area contributed by atoms with Crippen LogP contribution in [-0.2, 0) is 0 Å². The largest absolute Gasteiger partial charge is 0.454 e. The Hall–Kier alpha value is -2.52. The van der Waals surface area contributed by atoms with Crippen molar-refractivity contribution in [1.29, 1.82) is 5.26 Å². The van der Waals surface area contributed by atoms with E-state index in [9.17, 15) is 10.1 Å². The molecular weight excluding hydrogens is 312 g/mol. The molecule has 1 aromatic heterocycles. The van der Waals surface area contributed by atoms with Gasteiger partial charge in [-0.1, -0.05) is 11.8 Å². The number of ketones is 1. The number of Topliss-reactive ketones (excluding diaryl/α,β-unsaturated/α-hetero) is 1. The second-order valence-electron chi connectivity index (χ2n) is 5.15. The molecule has 0 saturated carbocycles. The van der Waals surface area contributed by atoms with Gasteiger partial charge in [0.1, 0.15) is 11.1 Å². The van der Waals surface area contributed by atoms with Gasteiger partial charge in [-0.05, 0) is 43.7 Å². The predicted molar refractivity (Wildman–Crippen MR) is 86.0 cm³/mol. The van der Waals surface area contributed by atoms with Gasteiger partial charge in [-0.25, -0.2) is 4.98 Å². The van der Waals surface area contributed by atoms with Crippen molar-refractivity contribution in [1.82, 2.24) is 4.98 Å². The molecule has 0 bridgehead atoms. The maximum atomic E-state index is 12.4. The number of hydrogen-bond acceptors (Lipinski definition) is 6. The molecule has 5 nitrogen and oxygen atoms in total. The number of fused-ring (bicyclic) bond motifs is 1. The molecule has 0 unspecified atom stereocenters. The zero-order chi connectivity index (χ0) is 16.4.